The van der Waals surface area contributed by atoms with Crippen LogP contribution >= 0.6 is 0 Å². The minimum atomic E-state index is -4.47. The fourth-order valence-electron chi connectivity index (χ4n) is 1.57. The zero-order valence-electron chi connectivity index (χ0n) is 10.4. The van der Waals surface area contributed by atoms with Gasteiger partial charge >= 0.3 is 6.18 Å². The molecule has 0 radical (unpaired) electrons. The highest BCUT2D eigenvalue weighted by molar-refractivity contribution is 6.04. The molecule has 0 aliphatic heterocycles. The molecule has 1 aromatic heterocycles. The Kier molecular flexibility index (Phi) is 3.39. The van der Waals surface area contributed by atoms with Crippen LogP contribution in [0.15, 0.2) is 30.7 Å². The molecule has 0 aliphatic rings. The van der Waals surface area contributed by atoms with Crippen molar-refractivity contribution in [2.24, 2.45) is 7.05 Å². The van der Waals surface area contributed by atoms with Crippen LogP contribution in [0.3, 0.4) is 0 Å². The highest BCUT2D eigenvalue weighted by Crippen LogP contribution is 2.32. The van der Waals surface area contributed by atoms with E-state index in [1.54, 1.807) is 11.6 Å². The normalized spacial score (nSPS) is 11.4. The number of amides is 1. The van der Waals surface area contributed by atoms with Gasteiger partial charge < -0.3 is 15.6 Å². The lowest BCUT2D eigenvalue weighted by molar-refractivity contribution is -0.137. The minimum absolute atomic E-state index is 0.105. The summed E-state index contributed by atoms with van der Waals surface area (Å²) in [4.78, 5) is 15.6. The second-order valence-electron chi connectivity index (χ2n) is 4.18. The van der Waals surface area contributed by atoms with E-state index in [0.717, 1.165) is 18.2 Å². The van der Waals surface area contributed by atoms with Crippen molar-refractivity contribution >= 4 is 17.3 Å². The van der Waals surface area contributed by atoms with Crippen LogP contribution in [-0.4, -0.2) is 15.5 Å². The van der Waals surface area contributed by atoms with Crippen LogP contribution in [0.5, 0.6) is 0 Å². The second-order valence-corrected chi connectivity index (χ2v) is 4.18. The molecule has 0 saturated heterocycles. The van der Waals surface area contributed by atoms with E-state index in [1.165, 1.54) is 12.5 Å². The van der Waals surface area contributed by atoms with Gasteiger partial charge in [0.05, 0.1) is 23.3 Å². The lowest BCUT2D eigenvalue weighted by atomic mass is 10.1. The van der Waals surface area contributed by atoms with Gasteiger partial charge in [-0.05, 0) is 18.2 Å². The number of rotatable bonds is 2. The minimum Gasteiger partial charge on any atom is -0.397 e. The summed E-state index contributed by atoms with van der Waals surface area (Å²) < 4.78 is 39.0. The van der Waals surface area contributed by atoms with E-state index in [-0.39, 0.29) is 17.1 Å². The molecule has 0 aliphatic carbocycles. The van der Waals surface area contributed by atoms with Gasteiger partial charge in [0.1, 0.15) is 5.69 Å². The molecule has 0 atom stereocenters. The Labute approximate surface area is 112 Å². The zero-order chi connectivity index (χ0) is 14.9. The number of imidazole rings is 1. The van der Waals surface area contributed by atoms with Gasteiger partial charge in [0.2, 0.25) is 0 Å². The van der Waals surface area contributed by atoms with E-state index in [9.17, 15) is 18.0 Å². The smallest absolute Gasteiger partial charge is 0.397 e. The molecular formula is C12H11F3N4O. The van der Waals surface area contributed by atoms with Crippen molar-refractivity contribution in [2.75, 3.05) is 11.1 Å². The molecule has 0 unspecified atom stereocenters. The molecule has 5 nitrogen and oxygen atoms in total. The molecule has 106 valence electrons. The first-order chi connectivity index (χ1) is 9.27. The van der Waals surface area contributed by atoms with E-state index >= 15 is 0 Å². The summed E-state index contributed by atoms with van der Waals surface area (Å²) >= 11 is 0. The van der Waals surface area contributed by atoms with Crippen molar-refractivity contribution in [3.63, 3.8) is 0 Å². The SMILES string of the molecule is Cn1cnc(C(=O)Nc2ccc(C(F)(F)F)cc2N)c1. The van der Waals surface area contributed by atoms with Gasteiger partial charge in [-0.15, -0.1) is 0 Å². The summed E-state index contributed by atoms with van der Waals surface area (Å²) in [5, 5.41) is 2.41. The Hall–Kier alpha value is -2.51. The molecular weight excluding hydrogens is 273 g/mol. The quantitative estimate of drug-likeness (QED) is 0.831. The number of nitrogens with zero attached hydrogens (tertiary/aromatic N) is 2. The second kappa shape index (κ2) is 4.87. The Balaban J connectivity index is 2.20. The van der Waals surface area contributed by atoms with Gasteiger partial charge in [0, 0.05) is 13.2 Å². The summed E-state index contributed by atoms with van der Waals surface area (Å²) in [7, 11) is 1.69. The summed E-state index contributed by atoms with van der Waals surface area (Å²) in [5.41, 5.74) is 4.73. The number of halogens is 3. The maximum atomic E-state index is 12.5. The van der Waals surface area contributed by atoms with E-state index in [4.69, 9.17) is 5.73 Å². The molecule has 0 fully saturated rings. The first-order valence-electron chi connectivity index (χ1n) is 5.53. The number of nitrogens with one attached hydrogen (secondary N) is 1. The van der Waals surface area contributed by atoms with Crippen molar-refractivity contribution in [3.8, 4) is 0 Å². The number of benzene rings is 1. The van der Waals surface area contributed by atoms with Gasteiger partial charge in [0.15, 0.2) is 0 Å². The molecule has 20 heavy (non-hydrogen) atoms. The number of carbonyl (C=O) groups excluding carboxylic acids is 1. The number of hydrogen-bond donors (Lipinski definition) is 2. The van der Waals surface area contributed by atoms with Crippen molar-refractivity contribution in [2.45, 2.75) is 6.18 Å². The average Bonchev–Trinajstić information content (AvgIpc) is 2.77. The van der Waals surface area contributed by atoms with Crippen LogP contribution in [0.25, 0.3) is 0 Å². The molecule has 0 spiro atoms. The predicted molar refractivity (Wildman–Crippen MR) is 67.0 cm³/mol. The molecule has 2 rings (SSSR count). The van der Waals surface area contributed by atoms with Crippen LogP contribution in [-0.2, 0) is 13.2 Å². The third-order valence-corrected chi connectivity index (χ3v) is 2.56. The number of anilines is 2. The van der Waals surface area contributed by atoms with Crippen molar-refractivity contribution in [3.05, 3.63) is 42.0 Å². The van der Waals surface area contributed by atoms with E-state index in [2.05, 4.69) is 10.3 Å². The number of carbonyl (C=O) groups is 1. The van der Waals surface area contributed by atoms with Crippen molar-refractivity contribution < 1.29 is 18.0 Å². The number of alkyl halides is 3. The van der Waals surface area contributed by atoms with Crippen LogP contribution < -0.4 is 11.1 Å². The first-order valence-corrected chi connectivity index (χ1v) is 5.53. The van der Waals surface area contributed by atoms with Gasteiger partial charge in [-0.1, -0.05) is 0 Å². The molecule has 1 amide bonds. The van der Waals surface area contributed by atoms with Crippen LogP contribution in [0.4, 0.5) is 24.5 Å². The molecule has 1 aromatic carbocycles. The van der Waals surface area contributed by atoms with Crippen molar-refractivity contribution in [1.82, 2.24) is 9.55 Å². The summed E-state index contributed by atoms with van der Waals surface area (Å²) in [6.07, 6.45) is -1.56. The Bertz CT molecular complexity index is 648. The van der Waals surface area contributed by atoms with Crippen LogP contribution in [0.2, 0.25) is 0 Å². The summed E-state index contributed by atoms with van der Waals surface area (Å²) in [5.74, 6) is -0.544. The number of nitrogens with two attached hydrogens (primary N) is 1. The van der Waals surface area contributed by atoms with Gasteiger partial charge in [-0.3, -0.25) is 4.79 Å². The molecule has 0 saturated carbocycles. The van der Waals surface area contributed by atoms with Gasteiger partial charge in [0.25, 0.3) is 5.91 Å². The third kappa shape index (κ3) is 2.90. The fraction of sp³-hybridized carbons (Fsp3) is 0.167. The first kappa shape index (κ1) is 13.9. The van der Waals surface area contributed by atoms with Crippen LogP contribution in [0.1, 0.15) is 16.1 Å². The van der Waals surface area contributed by atoms with Gasteiger partial charge in [-0.2, -0.15) is 13.2 Å². The Morgan fingerprint density at radius 3 is 2.60 bits per heavy atom. The maximum absolute atomic E-state index is 12.5. The topological polar surface area (TPSA) is 72.9 Å². The Morgan fingerprint density at radius 2 is 2.10 bits per heavy atom. The summed E-state index contributed by atoms with van der Waals surface area (Å²) in [6.45, 7) is 0. The van der Waals surface area contributed by atoms with E-state index < -0.39 is 17.6 Å². The number of nitrogen functional groups attached to an aromatic ring is 1. The highest BCUT2D eigenvalue weighted by Gasteiger charge is 2.30. The van der Waals surface area contributed by atoms with E-state index in [0.29, 0.717) is 0 Å². The predicted octanol–water partition coefficient (Wildman–Crippen LogP) is 2.27. The highest BCUT2D eigenvalue weighted by atomic mass is 19.4. The largest absolute Gasteiger partial charge is 0.416 e. The van der Waals surface area contributed by atoms with Gasteiger partial charge in [-0.25, -0.2) is 4.98 Å². The van der Waals surface area contributed by atoms with Crippen molar-refractivity contribution in [1.29, 1.82) is 0 Å². The van der Waals surface area contributed by atoms with E-state index in [1.807, 2.05) is 0 Å². The molecule has 0 bridgehead atoms. The molecule has 8 heteroatoms. The lowest BCUT2D eigenvalue weighted by Crippen LogP contribution is -2.14. The standard InChI is InChI=1S/C12H11F3N4O/c1-19-5-10(17-6-19)11(20)18-9-3-2-7(4-8(9)16)12(13,14)15/h2-6H,16H2,1H3,(H,18,20). The number of hydrogen-bond acceptors (Lipinski definition) is 3. The maximum Gasteiger partial charge on any atom is 0.416 e. The Morgan fingerprint density at radius 1 is 1.40 bits per heavy atom. The monoisotopic (exact) mass is 284 g/mol. The zero-order valence-corrected chi connectivity index (χ0v) is 10.4. The van der Waals surface area contributed by atoms with Crippen LogP contribution in [0, 0.1) is 0 Å². The lowest BCUT2D eigenvalue weighted by Gasteiger charge is -2.11. The fourth-order valence-corrected chi connectivity index (χ4v) is 1.57. The molecule has 3 N–H and O–H groups in total. The number of aryl methyl sites for hydroxylation is 1. The molecule has 2 aromatic rings. The molecule has 1 heterocycles. The summed E-state index contributed by atoms with van der Waals surface area (Å²) in [6, 6.07) is 2.73. The third-order valence-electron chi connectivity index (χ3n) is 2.56. The number of aromatic nitrogens is 2. The average molecular weight is 284 g/mol.